The minimum atomic E-state index is 0.834. The largest absolute Gasteiger partial charge is 0.360 e. The van der Waals surface area contributed by atoms with E-state index in [9.17, 15) is 0 Å². The van der Waals surface area contributed by atoms with E-state index in [0.717, 1.165) is 27.3 Å². The Hall–Kier alpha value is -2.79. The monoisotopic (exact) mass is 286 g/mol. The second-order valence-electron chi connectivity index (χ2n) is 5.48. The molecule has 0 aliphatic heterocycles. The number of aromatic nitrogens is 2. The number of hydrogen-bond acceptors (Lipinski definition) is 1. The molecular formula is C20H18N2. The summed E-state index contributed by atoms with van der Waals surface area (Å²) in [5, 5.41) is 3.08. The Morgan fingerprint density at radius 2 is 2.05 bits per heavy atom. The quantitative estimate of drug-likeness (QED) is 0.684. The van der Waals surface area contributed by atoms with Crippen molar-refractivity contribution in [3.05, 3.63) is 52.2 Å². The third-order valence-corrected chi connectivity index (χ3v) is 3.90. The van der Waals surface area contributed by atoms with E-state index in [1.54, 1.807) is 6.08 Å². The summed E-state index contributed by atoms with van der Waals surface area (Å²) >= 11 is 0. The first-order valence-electron chi connectivity index (χ1n) is 7.32. The summed E-state index contributed by atoms with van der Waals surface area (Å²) in [4.78, 5) is 8.10. The molecule has 108 valence electrons. The van der Waals surface area contributed by atoms with Crippen LogP contribution in [0.25, 0.3) is 34.3 Å². The number of H-pyrrole nitrogens is 1. The molecule has 1 N–H and O–H groups in total. The molecule has 1 aromatic carbocycles. The van der Waals surface area contributed by atoms with Crippen LogP contribution in [-0.4, -0.2) is 9.97 Å². The van der Waals surface area contributed by atoms with Gasteiger partial charge >= 0.3 is 0 Å². The highest BCUT2D eigenvalue weighted by atomic mass is 14.7. The SMILES string of the molecule is C#CC=c1nc(-c2c[nH]c3c(C)cc(C)cc23)ccc1=CC. The Labute approximate surface area is 130 Å². The van der Waals surface area contributed by atoms with E-state index in [1.165, 1.54) is 16.5 Å². The molecule has 2 aromatic heterocycles. The van der Waals surface area contributed by atoms with Crippen LogP contribution in [0, 0.1) is 26.2 Å². The fourth-order valence-electron chi connectivity index (χ4n) is 2.88. The first-order valence-corrected chi connectivity index (χ1v) is 7.32. The van der Waals surface area contributed by atoms with E-state index in [2.05, 4.69) is 43.0 Å². The number of benzene rings is 1. The van der Waals surface area contributed by atoms with Crippen molar-refractivity contribution in [3.63, 3.8) is 0 Å². The lowest BCUT2D eigenvalue weighted by molar-refractivity contribution is 1.23. The highest BCUT2D eigenvalue weighted by molar-refractivity contribution is 5.96. The Kier molecular flexibility index (Phi) is 3.56. The average Bonchev–Trinajstić information content (AvgIpc) is 2.91. The van der Waals surface area contributed by atoms with E-state index in [4.69, 9.17) is 11.4 Å². The number of rotatable bonds is 1. The molecule has 0 aliphatic rings. The van der Waals surface area contributed by atoms with Gasteiger partial charge in [0, 0.05) is 28.7 Å². The van der Waals surface area contributed by atoms with Crippen molar-refractivity contribution in [3.8, 4) is 23.6 Å². The number of aromatic amines is 1. The molecule has 0 fully saturated rings. The molecule has 0 saturated heterocycles. The van der Waals surface area contributed by atoms with Gasteiger partial charge in [0.1, 0.15) is 0 Å². The minimum Gasteiger partial charge on any atom is -0.360 e. The summed E-state index contributed by atoms with van der Waals surface area (Å²) in [5.41, 5.74) is 5.70. The van der Waals surface area contributed by atoms with Gasteiger partial charge in [-0.25, -0.2) is 4.98 Å². The number of hydrogen-bond donors (Lipinski definition) is 1. The summed E-state index contributed by atoms with van der Waals surface area (Å²) in [6.45, 7) is 6.22. The van der Waals surface area contributed by atoms with Crippen LogP contribution in [-0.2, 0) is 0 Å². The van der Waals surface area contributed by atoms with Crippen LogP contribution in [0.2, 0.25) is 0 Å². The van der Waals surface area contributed by atoms with Crippen molar-refractivity contribution in [2.75, 3.05) is 0 Å². The number of terminal acetylenes is 1. The lowest BCUT2D eigenvalue weighted by Crippen LogP contribution is -2.27. The van der Waals surface area contributed by atoms with Crippen LogP contribution in [0.3, 0.4) is 0 Å². The van der Waals surface area contributed by atoms with E-state index in [-0.39, 0.29) is 0 Å². The number of aryl methyl sites for hydroxylation is 2. The summed E-state index contributed by atoms with van der Waals surface area (Å²) < 4.78 is 0. The van der Waals surface area contributed by atoms with Crippen LogP contribution in [0.1, 0.15) is 18.1 Å². The molecule has 0 bridgehead atoms. The van der Waals surface area contributed by atoms with E-state index >= 15 is 0 Å². The predicted octanol–water partition coefficient (Wildman–Crippen LogP) is 3.06. The van der Waals surface area contributed by atoms with Gasteiger partial charge in [0.25, 0.3) is 0 Å². The Balaban J connectivity index is 2.32. The number of nitrogens with one attached hydrogen (secondary N) is 1. The van der Waals surface area contributed by atoms with Crippen molar-refractivity contribution in [1.82, 2.24) is 9.97 Å². The van der Waals surface area contributed by atoms with Crippen LogP contribution in [0.15, 0.2) is 30.5 Å². The predicted molar refractivity (Wildman–Crippen MR) is 93.7 cm³/mol. The maximum Gasteiger partial charge on any atom is 0.0789 e. The lowest BCUT2D eigenvalue weighted by Gasteiger charge is -2.03. The molecule has 2 heteroatoms. The zero-order chi connectivity index (χ0) is 15.7. The molecule has 0 unspecified atom stereocenters. The standard InChI is InChI=1S/C20H18N2/c1-5-7-18-15(6-2)8-9-19(22-18)17-12-21-20-14(4)10-13(3)11-16(17)20/h1,6-12,21H,2-4H3. The van der Waals surface area contributed by atoms with E-state index < -0.39 is 0 Å². The molecule has 0 atom stereocenters. The lowest BCUT2D eigenvalue weighted by atomic mass is 10.0. The Morgan fingerprint density at radius 3 is 2.77 bits per heavy atom. The second kappa shape index (κ2) is 5.54. The van der Waals surface area contributed by atoms with Gasteiger partial charge in [-0.1, -0.05) is 29.7 Å². The third-order valence-electron chi connectivity index (χ3n) is 3.90. The van der Waals surface area contributed by atoms with Crippen molar-refractivity contribution < 1.29 is 0 Å². The van der Waals surface area contributed by atoms with E-state index in [0.29, 0.717) is 0 Å². The van der Waals surface area contributed by atoms with E-state index in [1.807, 2.05) is 25.3 Å². The first-order chi connectivity index (χ1) is 10.6. The van der Waals surface area contributed by atoms with Crippen LogP contribution < -0.4 is 10.6 Å². The molecule has 0 radical (unpaired) electrons. The second-order valence-corrected chi connectivity index (χ2v) is 5.48. The summed E-state index contributed by atoms with van der Waals surface area (Å²) in [6.07, 6.45) is 11.2. The molecule has 3 aromatic rings. The van der Waals surface area contributed by atoms with Gasteiger partial charge in [0.05, 0.1) is 11.0 Å². The van der Waals surface area contributed by atoms with Crippen LogP contribution in [0.4, 0.5) is 0 Å². The molecule has 0 amide bonds. The smallest absolute Gasteiger partial charge is 0.0789 e. The maximum atomic E-state index is 5.42. The van der Waals surface area contributed by atoms with Gasteiger partial charge in [0.15, 0.2) is 0 Å². The molecule has 2 nitrogen and oxygen atoms in total. The summed E-state index contributed by atoms with van der Waals surface area (Å²) in [6, 6.07) is 8.49. The normalized spacial score (nSPS) is 12.8. The number of pyridine rings is 1. The Bertz CT molecular complexity index is 1010. The van der Waals surface area contributed by atoms with Gasteiger partial charge in [-0.3, -0.25) is 0 Å². The van der Waals surface area contributed by atoms with Gasteiger partial charge in [-0.15, -0.1) is 6.42 Å². The van der Waals surface area contributed by atoms with Gasteiger partial charge in [-0.2, -0.15) is 0 Å². The van der Waals surface area contributed by atoms with Crippen molar-refractivity contribution in [2.45, 2.75) is 20.8 Å². The molecule has 0 spiro atoms. The highest BCUT2D eigenvalue weighted by Crippen LogP contribution is 2.29. The molecule has 22 heavy (non-hydrogen) atoms. The van der Waals surface area contributed by atoms with Gasteiger partial charge < -0.3 is 4.98 Å². The molecular weight excluding hydrogens is 268 g/mol. The first kappa shape index (κ1) is 14.2. The van der Waals surface area contributed by atoms with Crippen LogP contribution in [0.5, 0.6) is 0 Å². The van der Waals surface area contributed by atoms with Crippen molar-refractivity contribution in [2.24, 2.45) is 0 Å². The number of nitrogens with zero attached hydrogens (tertiary/aromatic N) is 1. The van der Waals surface area contributed by atoms with Gasteiger partial charge in [-0.05, 0) is 43.7 Å². The Morgan fingerprint density at radius 1 is 1.23 bits per heavy atom. The highest BCUT2D eigenvalue weighted by Gasteiger charge is 2.09. The molecule has 0 saturated carbocycles. The summed E-state index contributed by atoms with van der Waals surface area (Å²) in [5.74, 6) is 2.57. The van der Waals surface area contributed by atoms with Crippen molar-refractivity contribution in [1.29, 1.82) is 0 Å². The van der Waals surface area contributed by atoms with Crippen molar-refractivity contribution >= 4 is 23.1 Å². The molecule has 3 rings (SSSR count). The molecule has 0 aliphatic carbocycles. The van der Waals surface area contributed by atoms with Crippen LogP contribution >= 0.6 is 0 Å². The number of fused-ring (bicyclic) bond motifs is 1. The maximum absolute atomic E-state index is 5.42. The summed E-state index contributed by atoms with van der Waals surface area (Å²) in [7, 11) is 0. The minimum absolute atomic E-state index is 0.834. The fourth-order valence-corrected chi connectivity index (χ4v) is 2.88. The zero-order valence-electron chi connectivity index (χ0n) is 13.1. The fraction of sp³-hybridized carbons (Fsp3) is 0.150. The van der Waals surface area contributed by atoms with Gasteiger partial charge in [0.2, 0.25) is 0 Å². The zero-order valence-corrected chi connectivity index (χ0v) is 13.1. The third kappa shape index (κ3) is 2.31. The molecule has 2 heterocycles. The average molecular weight is 286 g/mol. The topological polar surface area (TPSA) is 28.7 Å².